The van der Waals surface area contributed by atoms with Crippen molar-refractivity contribution >= 4 is 16.8 Å². The zero-order chi connectivity index (χ0) is 18.8. The third-order valence-electron chi connectivity index (χ3n) is 5.18. The molecule has 0 aliphatic heterocycles. The van der Waals surface area contributed by atoms with Crippen LogP contribution in [0.3, 0.4) is 0 Å². The fourth-order valence-electron chi connectivity index (χ4n) is 3.50. The molecule has 0 spiro atoms. The van der Waals surface area contributed by atoms with E-state index >= 15 is 0 Å². The molecule has 1 unspecified atom stereocenters. The van der Waals surface area contributed by atoms with Gasteiger partial charge < -0.3 is 4.57 Å². The quantitative estimate of drug-likeness (QED) is 0.443. The van der Waals surface area contributed by atoms with Gasteiger partial charge in [-0.15, -0.1) is 0 Å². The minimum absolute atomic E-state index is 0.0917. The fourth-order valence-corrected chi connectivity index (χ4v) is 3.50. The summed E-state index contributed by atoms with van der Waals surface area (Å²) in [7, 11) is 0. The molecule has 4 rings (SSSR count). The maximum Gasteiger partial charge on any atom is 0.165 e. The van der Waals surface area contributed by atoms with Crippen molar-refractivity contribution in [3.05, 3.63) is 101 Å². The minimum Gasteiger partial charge on any atom is -0.322 e. The van der Waals surface area contributed by atoms with Gasteiger partial charge in [0.25, 0.3) is 0 Å². The Kier molecular flexibility index (Phi) is 4.59. The lowest BCUT2D eigenvalue weighted by Crippen LogP contribution is -2.15. The van der Waals surface area contributed by atoms with Crippen LogP contribution >= 0.6 is 0 Å². The molecule has 0 radical (unpaired) electrons. The number of Topliss-reactive ketones (excluding diaryl/α,β-unsaturated/α-hetero) is 1. The Balaban J connectivity index is 1.80. The van der Waals surface area contributed by atoms with E-state index in [1.165, 1.54) is 11.1 Å². The second-order valence-electron chi connectivity index (χ2n) is 7.00. The van der Waals surface area contributed by atoms with Gasteiger partial charge in [-0.3, -0.25) is 4.79 Å². The van der Waals surface area contributed by atoms with E-state index in [1.54, 1.807) is 0 Å². The monoisotopic (exact) mass is 354 g/mol. The molecule has 3 aromatic carbocycles. The maximum atomic E-state index is 12.9. The Hall–Kier alpha value is -3.20. The summed E-state index contributed by atoms with van der Waals surface area (Å²) in [4.78, 5) is 17.5. The molecule has 0 N–H and O–H groups in total. The summed E-state index contributed by atoms with van der Waals surface area (Å²) in [6.07, 6.45) is 2.26. The number of hydrogen-bond acceptors (Lipinski definition) is 2. The average Bonchev–Trinajstić information content (AvgIpc) is 3.10. The van der Waals surface area contributed by atoms with Crippen molar-refractivity contribution in [2.75, 3.05) is 0 Å². The molecule has 134 valence electrons. The summed E-state index contributed by atoms with van der Waals surface area (Å²) < 4.78 is 2.14. The number of aromatic nitrogens is 2. The SMILES string of the molecule is Cc1cc2ncn(C(CC(=O)c3ccccc3)c3ccccc3)c2cc1C. The van der Waals surface area contributed by atoms with E-state index in [1.807, 2.05) is 54.9 Å². The largest absolute Gasteiger partial charge is 0.322 e. The molecule has 1 heterocycles. The van der Waals surface area contributed by atoms with Crippen LogP contribution in [0.4, 0.5) is 0 Å². The van der Waals surface area contributed by atoms with Crippen LogP contribution in [0, 0.1) is 13.8 Å². The molecule has 3 nitrogen and oxygen atoms in total. The normalized spacial score (nSPS) is 12.2. The van der Waals surface area contributed by atoms with Crippen LogP contribution in [0.15, 0.2) is 79.1 Å². The lowest BCUT2D eigenvalue weighted by molar-refractivity contribution is 0.0970. The van der Waals surface area contributed by atoms with Crippen LogP contribution in [-0.2, 0) is 0 Å². The molecule has 0 saturated heterocycles. The van der Waals surface area contributed by atoms with E-state index in [4.69, 9.17) is 0 Å². The van der Waals surface area contributed by atoms with Crippen molar-refractivity contribution in [1.29, 1.82) is 0 Å². The summed E-state index contributed by atoms with van der Waals surface area (Å²) in [6.45, 7) is 4.21. The van der Waals surface area contributed by atoms with Crippen molar-refractivity contribution in [3.63, 3.8) is 0 Å². The van der Waals surface area contributed by atoms with Gasteiger partial charge in [-0.25, -0.2) is 4.98 Å². The van der Waals surface area contributed by atoms with Gasteiger partial charge in [-0.2, -0.15) is 0 Å². The first-order valence-corrected chi connectivity index (χ1v) is 9.20. The summed E-state index contributed by atoms with van der Waals surface area (Å²) in [5.74, 6) is 0.134. The fraction of sp³-hybridized carbons (Fsp3) is 0.167. The Morgan fingerprint density at radius 3 is 2.26 bits per heavy atom. The van der Waals surface area contributed by atoms with Gasteiger partial charge in [0.2, 0.25) is 0 Å². The number of rotatable bonds is 5. The third-order valence-corrected chi connectivity index (χ3v) is 5.18. The lowest BCUT2D eigenvalue weighted by Gasteiger charge is -2.20. The van der Waals surface area contributed by atoms with E-state index in [-0.39, 0.29) is 11.8 Å². The molecule has 0 aliphatic rings. The zero-order valence-corrected chi connectivity index (χ0v) is 15.6. The molecule has 4 aromatic rings. The maximum absolute atomic E-state index is 12.9. The van der Waals surface area contributed by atoms with Crippen molar-refractivity contribution in [3.8, 4) is 0 Å². The molecule has 0 saturated carbocycles. The van der Waals surface area contributed by atoms with Crippen LogP contribution in [0.25, 0.3) is 11.0 Å². The van der Waals surface area contributed by atoms with Crippen LogP contribution in [0.2, 0.25) is 0 Å². The van der Waals surface area contributed by atoms with Gasteiger partial charge >= 0.3 is 0 Å². The van der Waals surface area contributed by atoms with Gasteiger partial charge in [0.05, 0.1) is 23.4 Å². The molecule has 1 atom stereocenters. The molecule has 0 fully saturated rings. The molecule has 0 bridgehead atoms. The van der Waals surface area contributed by atoms with Gasteiger partial charge in [0.15, 0.2) is 5.78 Å². The molecule has 1 aromatic heterocycles. The highest BCUT2D eigenvalue weighted by Crippen LogP contribution is 2.29. The van der Waals surface area contributed by atoms with Crippen molar-refractivity contribution in [2.45, 2.75) is 26.3 Å². The predicted octanol–water partition coefficient (Wildman–Crippen LogP) is 5.52. The second-order valence-corrected chi connectivity index (χ2v) is 7.00. The zero-order valence-electron chi connectivity index (χ0n) is 15.6. The third kappa shape index (κ3) is 3.41. The Labute approximate surface area is 159 Å². The first-order valence-electron chi connectivity index (χ1n) is 9.20. The second kappa shape index (κ2) is 7.20. The summed E-state index contributed by atoms with van der Waals surface area (Å²) in [6, 6.07) is 23.9. The first-order chi connectivity index (χ1) is 13.1. The van der Waals surface area contributed by atoms with Gasteiger partial charge in [-0.1, -0.05) is 60.7 Å². The number of hydrogen-bond donors (Lipinski definition) is 0. The number of aryl methyl sites for hydroxylation is 2. The highest BCUT2D eigenvalue weighted by Gasteiger charge is 2.21. The van der Waals surface area contributed by atoms with Crippen molar-refractivity contribution in [1.82, 2.24) is 9.55 Å². The average molecular weight is 354 g/mol. The van der Waals surface area contributed by atoms with Crippen molar-refractivity contribution in [2.24, 2.45) is 0 Å². The molecule has 27 heavy (non-hydrogen) atoms. The standard InChI is InChI=1S/C24H22N2O/c1-17-13-21-23(14-18(17)2)26(16-25-21)22(19-9-5-3-6-10-19)15-24(27)20-11-7-4-8-12-20/h3-14,16,22H,15H2,1-2H3. The Bertz CT molecular complexity index is 1080. The predicted molar refractivity (Wildman–Crippen MR) is 109 cm³/mol. The van der Waals surface area contributed by atoms with E-state index in [0.29, 0.717) is 6.42 Å². The van der Waals surface area contributed by atoms with E-state index < -0.39 is 0 Å². The Morgan fingerprint density at radius 2 is 1.56 bits per heavy atom. The highest BCUT2D eigenvalue weighted by atomic mass is 16.1. The molecule has 0 aliphatic carbocycles. The molecular weight excluding hydrogens is 332 g/mol. The lowest BCUT2D eigenvalue weighted by atomic mass is 9.97. The van der Waals surface area contributed by atoms with Crippen LogP contribution < -0.4 is 0 Å². The number of nitrogens with zero attached hydrogens (tertiary/aromatic N) is 2. The summed E-state index contributed by atoms with van der Waals surface area (Å²) in [5.41, 5.74) is 6.34. The van der Waals surface area contributed by atoms with Gasteiger partial charge in [0, 0.05) is 12.0 Å². The summed E-state index contributed by atoms with van der Waals surface area (Å²) in [5, 5.41) is 0. The number of carbonyl (C=O) groups is 1. The number of benzene rings is 3. The highest BCUT2D eigenvalue weighted by molar-refractivity contribution is 5.96. The molecular formula is C24H22N2O. The van der Waals surface area contributed by atoms with E-state index in [2.05, 4.69) is 47.7 Å². The Morgan fingerprint density at radius 1 is 0.926 bits per heavy atom. The van der Waals surface area contributed by atoms with Gasteiger partial charge in [-0.05, 0) is 42.7 Å². The number of carbonyl (C=O) groups excluding carboxylic acids is 1. The number of ketones is 1. The minimum atomic E-state index is -0.0917. The number of imidazole rings is 1. The number of fused-ring (bicyclic) bond motifs is 1. The van der Waals surface area contributed by atoms with Crippen molar-refractivity contribution < 1.29 is 4.79 Å². The van der Waals surface area contributed by atoms with Gasteiger partial charge in [0.1, 0.15) is 0 Å². The topological polar surface area (TPSA) is 34.9 Å². The molecule has 0 amide bonds. The van der Waals surface area contributed by atoms with E-state index in [9.17, 15) is 4.79 Å². The van der Waals surface area contributed by atoms with Crippen LogP contribution in [0.5, 0.6) is 0 Å². The smallest absolute Gasteiger partial charge is 0.165 e. The van der Waals surface area contributed by atoms with Crippen LogP contribution in [-0.4, -0.2) is 15.3 Å². The van der Waals surface area contributed by atoms with E-state index in [0.717, 1.165) is 22.2 Å². The first kappa shape index (κ1) is 17.2. The molecule has 3 heteroatoms. The van der Waals surface area contributed by atoms with Crippen LogP contribution in [0.1, 0.15) is 39.5 Å². The summed E-state index contributed by atoms with van der Waals surface area (Å²) >= 11 is 0.